The van der Waals surface area contributed by atoms with E-state index in [1.807, 2.05) is 18.2 Å². The fourth-order valence-corrected chi connectivity index (χ4v) is 11.2. The zero-order valence-corrected chi connectivity index (χ0v) is 63.9. The molecule has 0 rings (SSSR count). The maximum absolute atomic E-state index is 13.1. The summed E-state index contributed by atoms with van der Waals surface area (Å²) in [6, 6.07) is 0. The van der Waals surface area contributed by atoms with Gasteiger partial charge in [-0.05, 0) is 122 Å². The summed E-state index contributed by atoms with van der Waals surface area (Å²) < 4.78 is 68.3. The molecule has 0 bridgehead atoms. The van der Waals surface area contributed by atoms with E-state index in [2.05, 4.69) is 149 Å². The van der Waals surface area contributed by atoms with E-state index in [0.29, 0.717) is 25.7 Å². The number of aliphatic hydroxyl groups excluding tert-OH is 1. The highest BCUT2D eigenvalue weighted by Gasteiger charge is 2.30. The Morgan fingerprint density at radius 2 is 0.580 bits per heavy atom. The second-order valence-electron chi connectivity index (χ2n) is 24.8. The number of hydrogen-bond donors (Lipinski definition) is 3. The largest absolute Gasteiger partial charge is 0.472 e. The van der Waals surface area contributed by atoms with Crippen LogP contribution in [0.25, 0.3) is 0 Å². The summed E-state index contributed by atoms with van der Waals surface area (Å²) in [6.07, 6.45) is 81.6. The van der Waals surface area contributed by atoms with Gasteiger partial charge in [-0.1, -0.05) is 283 Å². The van der Waals surface area contributed by atoms with E-state index in [9.17, 15) is 43.2 Å². The molecule has 0 saturated heterocycles. The third-order valence-corrected chi connectivity index (χ3v) is 17.2. The van der Waals surface area contributed by atoms with E-state index >= 15 is 0 Å². The molecule has 0 spiro atoms. The van der Waals surface area contributed by atoms with E-state index in [-0.39, 0.29) is 25.7 Å². The third kappa shape index (κ3) is 71.3. The monoisotopic (exact) mass is 1440 g/mol. The number of rotatable bonds is 70. The summed E-state index contributed by atoms with van der Waals surface area (Å²) in [5.41, 5.74) is 0. The van der Waals surface area contributed by atoms with Crippen molar-refractivity contribution >= 4 is 39.5 Å². The number of carbonyl (C=O) groups is 4. The van der Waals surface area contributed by atoms with Gasteiger partial charge in [0.15, 0.2) is 12.2 Å². The van der Waals surface area contributed by atoms with Crippen LogP contribution in [0.4, 0.5) is 0 Å². The van der Waals surface area contributed by atoms with Crippen molar-refractivity contribution in [3.63, 3.8) is 0 Å². The van der Waals surface area contributed by atoms with Crippen LogP contribution in [-0.4, -0.2) is 96.7 Å². The summed E-state index contributed by atoms with van der Waals surface area (Å²) in [4.78, 5) is 72.8. The van der Waals surface area contributed by atoms with Gasteiger partial charge in [-0.3, -0.25) is 37.3 Å². The maximum atomic E-state index is 13.1. The lowest BCUT2D eigenvalue weighted by Crippen LogP contribution is -2.30. The first-order valence-corrected chi connectivity index (χ1v) is 41.1. The average molecular weight is 1440 g/mol. The topological polar surface area (TPSA) is 237 Å². The van der Waals surface area contributed by atoms with Crippen molar-refractivity contribution in [2.45, 2.75) is 303 Å². The molecular weight excluding hydrogens is 1310 g/mol. The third-order valence-electron chi connectivity index (χ3n) is 15.3. The summed E-state index contributed by atoms with van der Waals surface area (Å²) in [7, 11) is -9.99. The molecule has 0 aliphatic heterocycles. The highest BCUT2D eigenvalue weighted by molar-refractivity contribution is 7.47. The number of aliphatic hydroxyl groups is 1. The molecule has 0 aromatic carbocycles. The van der Waals surface area contributed by atoms with Gasteiger partial charge in [0.25, 0.3) is 0 Å². The predicted octanol–water partition coefficient (Wildman–Crippen LogP) is 21.9. The van der Waals surface area contributed by atoms with Crippen LogP contribution < -0.4 is 0 Å². The van der Waals surface area contributed by atoms with Crippen molar-refractivity contribution in [1.29, 1.82) is 0 Å². The zero-order valence-electron chi connectivity index (χ0n) is 62.1. The zero-order chi connectivity index (χ0) is 73.2. The van der Waals surface area contributed by atoms with Crippen molar-refractivity contribution in [2.75, 3.05) is 39.6 Å². The molecule has 0 fully saturated rings. The van der Waals surface area contributed by atoms with Crippen LogP contribution >= 0.6 is 15.6 Å². The molecule has 0 heterocycles. The fraction of sp³-hybridized carbons (Fsp3) is 0.654. The first kappa shape index (κ1) is 94.9. The Balaban J connectivity index is 5.44. The van der Waals surface area contributed by atoms with Crippen LogP contribution in [0.15, 0.2) is 146 Å². The van der Waals surface area contributed by atoms with Gasteiger partial charge in [-0.15, -0.1) is 0 Å². The van der Waals surface area contributed by atoms with Gasteiger partial charge in [0.1, 0.15) is 19.3 Å². The number of allylic oxidation sites excluding steroid dienone is 23. The second-order valence-corrected chi connectivity index (χ2v) is 27.8. The molecule has 5 atom stereocenters. The lowest BCUT2D eigenvalue weighted by atomic mass is 10.0. The molecule has 17 nitrogen and oxygen atoms in total. The second kappa shape index (κ2) is 72.3. The quantitative estimate of drug-likeness (QED) is 0.0169. The minimum Gasteiger partial charge on any atom is -0.462 e. The fourth-order valence-electron chi connectivity index (χ4n) is 9.59. The van der Waals surface area contributed by atoms with E-state index in [4.69, 9.17) is 37.0 Å². The summed E-state index contributed by atoms with van der Waals surface area (Å²) >= 11 is 0. The highest BCUT2D eigenvalue weighted by atomic mass is 31.2. The molecule has 0 aromatic rings. The SMILES string of the molecule is CC/C=C\C/C=C\C/C=C\C/C=C\C/C=C\CCCCCC(=O)OCC(COP(=O)(O)OCC(O)COP(=O)(O)OCC(COC(=O)C/C=C\C/C=C\C/C=C\C/C=C\C/C=C\CC)OC(=O)CCCCCCC/C=C\C/C=C\CCC)OC(=O)CCCCCCCCCCCCCCC. The Morgan fingerprint density at radius 1 is 0.300 bits per heavy atom. The molecule has 0 radical (unpaired) electrons. The van der Waals surface area contributed by atoms with Crippen molar-refractivity contribution in [2.24, 2.45) is 0 Å². The number of phosphoric ester groups is 2. The molecule has 0 saturated carbocycles. The maximum Gasteiger partial charge on any atom is 0.472 e. The predicted molar refractivity (Wildman–Crippen MR) is 408 cm³/mol. The molecule has 0 amide bonds. The molecular formula is C81H134O17P2. The van der Waals surface area contributed by atoms with Gasteiger partial charge < -0.3 is 33.8 Å². The van der Waals surface area contributed by atoms with E-state index in [1.165, 1.54) is 51.4 Å². The Kier molecular flexibility index (Phi) is 68.6. The van der Waals surface area contributed by atoms with Crippen LogP contribution in [0.3, 0.4) is 0 Å². The van der Waals surface area contributed by atoms with Crippen LogP contribution in [0.2, 0.25) is 0 Å². The minimum absolute atomic E-state index is 0.0550. The average Bonchev–Trinajstić information content (AvgIpc) is 0.935. The molecule has 0 aliphatic rings. The van der Waals surface area contributed by atoms with Crippen LogP contribution in [-0.2, 0) is 65.4 Å². The van der Waals surface area contributed by atoms with E-state index in [1.54, 1.807) is 6.08 Å². The Morgan fingerprint density at radius 3 is 0.940 bits per heavy atom. The molecule has 100 heavy (non-hydrogen) atoms. The number of hydrogen-bond acceptors (Lipinski definition) is 15. The van der Waals surface area contributed by atoms with Gasteiger partial charge in [0, 0.05) is 19.3 Å². The van der Waals surface area contributed by atoms with Gasteiger partial charge in [-0.2, -0.15) is 0 Å². The molecule has 570 valence electrons. The molecule has 19 heteroatoms. The first-order valence-electron chi connectivity index (χ1n) is 38.1. The lowest BCUT2D eigenvalue weighted by Gasteiger charge is -2.21. The molecule has 5 unspecified atom stereocenters. The molecule has 0 aliphatic carbocycles. The first-order chi connectivity index (χ1) is 48.7. The number of unbranched alkanes of at least 4 members (excludes halogenated alkanes) is 21. The standard InChI is InChI=1S/C81H134O17P2/c1-5-9-13-17-21-25-29-33-35-36-37-38-40-44-46-50-54-58-62-66-79(84)92-72-77(98-81(86)68-64-60-56-52-48-42-32-28-24-20-16-12-8-4)74-96-100(89,90)94-70-75(82)69-93-99(87,88)95-73-76(97-80(85)67-63-59-55-51-47-41-31-27-23-19-15-11-7-3)71-91-78(83)65-61-57-53-49-45-43-39-34-30-26-22-18-14-10-6-2/h9-10,13-15,19,21-22,25-27,31,33-35,37-39,44-46,49,57,61,75-77,82H,5-8,11-12,16-18,20,23-24,28-30,32,36,40-43,47-48,50-56,58-60,62-74H2,1-4H3,(H,87,88)(H,89,90)/b13-9-,14-10-,19-15-,25-21-,26-22-,31-27-,35-33-,38-37-,39-34-,46-44-,49-45-,61-57-. The Bertz CT molecular complexity index is 2470. The summed E-state index contributed by atoms with van der Waals surface area (Å²) in [5, 5.41) is 10.6. The Labute approximate surface area is 605 Å². The lowest BCUT2D eigenvalue weighted by molar-refractivity contribution is -0.161. The van der Waals surface area contributed by atoms with Crippen molar-refractivity contribution < 1.29 is 80.2 Å². The van der Waals surface area contributed by atoms with Crippen LogP contribution in [0.5, 0.6) is 0 Å². The smallest absolute Gasteiger partial charge is 0.462 e. The molecule has 0 aromatic heterocycles. The van der Waals surface area contributed by atoms with Gasteiger partial charge in [0.05, 0.1) is 32.8 Å². The van der Waals surface area contributed by atoms with E-state index in [0.717, 1.165) is 154 Å². The van der Waals surface area contributed by atoms with Crippen LogP contribution in [0.1, 0.15) is 285 Å². The minimum atomic E-state index is -5.00. The van der Waals surface area contributed by atoms with Gasteiger partial charge >= 0.3 is 39.5 Å². The number of carbonyl (C=O) groups excluding carboxylic acids is 4. The highest BCUT2D eigenvalue weighted by Crippen LogP contribution is 2.45. The van der Waals surface area contributed by atoms with Gasteiger partial charge in [0.2, 0.25) is 0 Å². The molecule has 3 N–H and O–H groups in total. The van der Waals surface area contributed by atoms with Crippen molar-refractivity contribution in [3.05, 3.63) is 146 Å². The number of ether oxygens (including phenoxy) is 4. The van der Waals surface area contributed by atoms with Crippen LogP contribution in [0, 0.1) is 0 Å². The normalized spacial score (nSPS) is 14.8. The Hall–Kier alpha value is -5.06. The van der Waals surface area contributed by atoms with Crippen molar-refractivity contribution in [1.82, 2.24) is 0 Å². The van der Waals surface area contributed by atoms with Gasteiger partial charge in [-0.25, -0.2) is 9.13 Å². The summed E-state index contributed by atoms with van der Waals surface area (Å²) in [5.74, 6) is -2.38. The summed E-state index contributed by atoms with van der Waals surface area (Å²) in [6.45, 7) is 4.40. The van der Waals surface area contributed by atoms with Crippen molar-refractivity contribution in [3.8, 4) is 0 Å². The van der Waals surface area contributed by atoms with E-state index < -0.39 is 97.5 Å². The number of phosphoric acid groups is 2. The number of esters is 4.